The predicted octanol–water partition coefficient (Wildman–Crippen LogP) is 3.28. The van der Waals surface area contributed by atoms with E-state index in [0.717, 1.165) is 11.3 Å². The van der Waals surface area contributed by atoms with E-state index in [4.69, 9.17) is 12.2 Å². The molecule has 0 aliphatic carbocycles. The highest BCUT2D eigenvalue weighted by Gasteiger charge is 2.41. The second kappa shape index (κ2) is 6.09. The van der Waals surface area contributed by atoms with Crippen LogP contribution in [0.15, 0.2) is 29.2 Å². The van der Waals surface area contributed by atoms with Gasteiger partial charge in [-0.2, -0.15) is 0 Å². The maximum atomic E-state index is 12.8. The molecule has 0 unspecified atom stereocenters. The molecule has 6 heteroatoms. The molecular weight excluding hydrogens is 328 g/mol. The standard InChI is InChI=1S/C17H18N2O2S2/c1-4-18-12-8-6-5-7-11(12)13(15(18)20)14-16(21)19(9-10(2)3)17(22)23-14/h5-8,10H,4,9H2,1-3H3/b14-13+. The summed E-state index contributed by atoms with van der Waals surface area (Å²) in [7, 11) is 0. The van der Waals surface area contributed by atoms with Crippen LogP contribution in [0.2, 0.25) is 0 Å². The van der Waals surface area contributed by atoms with Crippen molar-refractivity contribution in [3.8, 4) is 0 Å². The molecule has 0 atom stereocenters. The van der Waals surface area contributed by atoms with Gasteiger partial charge in [-0.05, 0) is 18.9 Å². The van der Waals surface area contributed by atoms with Gasteiger partial charge in [-0.1, -0.05) is 56.0 Å². The molecule has 0 saturated carbocycles. The van der Waals surface area contributed by atoms with Crippen LogP contribution in [0.4, 0.5) is 5.69 Å². The minimum absolute atomic E-state index is 0.112. The third-order valence-corrected chi connectivity index (χ3v) is 5.31. The first-order chi connectivity index (χ1) is 11.0. The Morgan fingerprint density at radius 1 is 1.13 bits per heavy atom. The molecular formula is C17H18N2O2S2. The summed E-state index contributed by atoms with van der Waals surface area (Å²) >= 11 is 6.59. The number of nitrogens with zero attached hydrogens (tertiary/aromatic N) is 2. The van der Waals surface area contributed by atoms with Crippen LogP contribution in [0, 0.1) is 5.92 Å². The Morgan fingerprint density at radius 2 is 1.83 bits per heavy atom. The maximum Gasteiger partial charge on any atom is 0.267 e. The minimum Gasteiger partial charge on any atom is -0.308 e. The van der Waals surface area contributed by atoms with Gasteiger partial charge >= 0.3 is 0 Å². The van der Waals surface area contributed by atoms with Crippen molar-refractivity contribution in [3.63, 3.8) is 0 Å². The van der Waals surface area contributed by atoms with Crippen LogP contribution < -0.4 is 4.90 Å². The van der Waals surface area contributed by atoms with Crippen LogP contribution in [0.1, 0.15) is 26.3 Å². The summed E-state index contributed by atoms with van der Waals surface area (Å²) in [6.07, 6.45) is 0. The molecule has 120 valence electrons. The molecule has 0 aromatic heterocycles. The normalized spacial score (nSPS) is 21.0. The first-order valence-electron chi connectivity index (χ1n) is 7.64. The second-order valence-electron chi connectivity index (χ2n) is 5.95. The van der Waals surface area contributed by atoms with Crippen LogP contribution in [0.3, 0.4) is 0 Å². The molecule has 2 heterocycles. The number of benzene rings is 1. The number of likely N-dealkylation sites (N-methyl/N-ethyl adjacent to an activating group) is 1. The lowest BCUT2D eigenvalue weighted by molar-refractivity contribution is -0.122. The number of rotatable bonds is 3. The predicted molar refractivity (Wildman–Crippen MR) is 98.1 cm³/mol. The van der Waals surface area contributed by atoms with E-state index in [9.17, 15) is 9.59 Å². The first-order valence-corrected chi connectivity index (χ1v) is 8.87. The molecule has 4 nitrogen and oxygen atoms in total. The van der Waals surface area contributed by atoms with E-state index in [1.54, 1.807) is 9.80 Å². The molecule has 1 aromatic rings. The topological polar surface area (TPSA) is 40.6 Å². The highest BCUT2D eigenvalue weighted by molar-refractivity contribution is 8.26. The Hall–Kier alpha value is -1.66. The van der Waals surface area contributed by atoms with E-state index in [1.165, 1.54) is 11.8 Å². The van der Waals surface area contributed by atoms with Crippen molar-refractivity contribution in [3.05, 3.63) is 34.7 Å². The van der Waals surface area contributed by atoms with Gasteiger partial charge in [0.2, 0.25) is 0 Å². The fourth-order valence-corrected chi connectivity index (χ4v) is 4.23. The number of hydrogen-bond donors (Lipinski definition) is 0. The van der Waals surface area contributed by atoms with Gasteiger partial charge in [0.1, 0.15) is 4.32 Å². The highest BCUT2D eigenvalue weighted by Crippen LogP contribution is 2.44. The number of fused-ring (bicyclic) bond motifs is 1. The molecule has 3 rings (SSSR count). The van der Waals surface area contributed by atoms with Gasteiger partial charge in [0, 0.05) is 18.7 Å². The van der Waals surface area contributed by atoms with E-state index < -0.39 is 0 Å². The molecule has 0 radical (unpaired) electrons. The highest BCUT2D eigenvalue weighted by atomic mass is 32.2. The van der Waals surface area contributed by atoms with Gasteiger partial charge in [0.05, 0.1) is 16.2 Å². The zero-order valence-electron chi connectivity index (χ0n) is 13.3. The number of hydrogen-bond acceptors (Lipinski definition) is 4. The maximum absolute atomic E-state index is 12.8. The molecule has 1 fully saturated rings. The third-order valence-electron chi connectivity index (χ3n) is 3.86. The SMILES string of the molecule is CCN1C(=O)/C(=C2/SC(=S)N(CC(C)C)C2=O)c2ccccc21. The number of para-hydroxylation sites is 1. The van der Waals surface area contributed by atoms with Crippen LogP contribution in [-0.2, 0) is 9.59 Å². The lowest BCUT2D eigenvalue weighted by Gasteiger charge is -2.16. The molecule has 2 aliphatic rings. The van der Waals surface area contributed by atoms with Crippen molar-refractivity contribution in [1.29, 1.82) is 0 Å². The Labute approximate surface area is 145 Å². The third kappa shape index (κ3) is 2.60. The summed E-state index contributed by atoms with van der Waals surface area (Å²) in [5.41, 5.74) is 2.18. The van der Waals surface area contributed by atoms with Crippen molar-refractivity contribution in [1.82, 2.24) is 4.90 Å². The average Bonchev–Trinajstić information content (AvgIpc) is 2.94. The van der Waals surface area contributed by atoms with Crippen LogP contribution in [0.5, 0.6) is 0 Å². The van der Waals surface area contributed by atoms with Gasteiger partial charge < -0.3 is 4.90 Å². The van der Waals surface area contributed by atoms with Crippen molar-refractivity contribution >= 4 is 51.4 Å². The number of amides is 2. The fraction of sp³-hybridized carbons (Fsp3) is 0.353. The van der Waals surface area contributed by atoms with Crippen LogP contribution in [0.25, 0.3) is 5.57 Å². The van der Waals surface area contributed by atoms with E-state index >= 15 is 0 Å². The number of thiocarbonyl (C=S) groups is 1. The first kappa shape index (κ1) is 16.2. The van der Waals surface area contributed by atoms with Crippen molar-refractivity contribution in [2.75, 3.05) is 18.0 Å². The summed E-state index contributed by atoms with van der Waals surface area (Å²) in [4.78, 5) is 29.4. The Bertz CT molecular complexity index is 740. The number of thioether (sulfide) groups is 1. The van der Waals surface area contributed by atoms with E-state index in [-0.39, 0.29) is 11.8 Å². The average molecular weight is 346 g/mol. The van der Waals surface area contributed by atoms with Gasteiger partial charge in [0.15, 0.2) is 0 Å². The number of carbonyl (C=O) groups is 2. The molecule has 2 aliphatic heterocycles. The zero-order chi connectivity index (χ0) is 16.7. The van der Waals surface area contributed by atoms with E-state index in [1.807, 2.05) is 45.0 Å². The van der Waals surface area contributed by atoms with Gasteiger partial charge in [-0.15, -0.1) is 0 Å². The zero-order valence-corrected chi connectivity index (χ0v) is 15.0. The van der Waals surface area contributed by atoms with Gasteiger partial charge in [-0.3, -0.25) is 14.5 Å². The summed E-state index contributed by atoms with van der Waals surface area (Å²) in [6, 6.07) is 7.60. The molecule has 2 amide bonds. The smallest absolute Gasteiger partial charge is 0.267 e. The Balaban J connectivity index is 2.10. The van der Waals surface area contributed by atoms with Gasteiger partial charge in [0.25, 0.3) is 11.8 Å². The van der Waals surface area contributed by atoms with E-state index in [2.05, 4.69) is 0 Å². The summed E-state index contributed by atoms with van der Waals surface area (Å²) in [5.74, 6) is 0.0594. The molecule has 23 heavy (non-hydrogen) atoms. The summed E-state index contributed by atoms with van der Waals surface area (Å²) in [6.45, 7) is 7.17. The molecule has 0 bridgehead atoms. The molecule has 0 spiro atoms. The molecule has 1 saturated heterocycles. The Kier molecular flexibility index (Phi) is 4.29. The van der Waals surface area contributed by atoms with Crippen LogP contribution in [-0.4, -0.2) is 34.1 Å². The van der Waals surface area contributed by atoms with Crippen molar-refractivity contribution in [2.24, 2.45) is 5.92 Å². The van der Waals surface area contributed by atoms with Crippen molar-refractivity contribution in [2.45, 2.75) is 20.8 Å². The summed E-state index contributed by atoms with van der Waals surface area (Å²) in [5, 5.41) is 0. The minimum atomic E-state index is -0.148. The van der Waals surface area contributed by atoms with E-state index in [0.29, 0.717) is 33.8 Å². The molecule has 1 aromatic carbocycles. The monoisotopic (exact) mass is 346 g/mol. The quantitative estimate of drug-likeness (QED) is 0.622. The fourth-order valence-electron chi connectivity index (χ4n) is 2.89. The Morgan fingerprint density at radius 3 is 2.48 bits per heavy atom. The number of anilines is 1. The summed E-state index contributed by atoms with van der Waals surface area (Å²) < 4.78 is 0.534. The number of carbonyl (C=O) groups excluding carboxylic acids is 2. The van der Waals surface area contributed by atoms with Crippen LogP contribution >= 0.6 is 24.0 Å². The molecule has 0 N–H and O–H groups in total. The largest absolute Gasteiger partial charge is 0.308 e. The van der Waals surface area contributed by atoms with Crippen molar-refractivity contribution < 1.29 is 9.59 Å². The second-order valence-corrected chi connectivity index (χ2v) is 7.59. The lowest BCUT2D eigenvalue weighted by Crippen LogP contribution is -2.32. The van der Waals surface area contributed by atoms with Gasteiger partial charge in [-0.25, -0.2) is 0 Å². The lowest BCUT2D eigenvalue weighted by atomic mass is 10.1.